The SMILES string of the molecule is CC(=O)C1=CC=C(C)OC1. The number of carbonyl (C=O) groups excluding carboxylic acids is 1. The molecule has 0 atom stereocenters. The molecule has 1 aliphatic heterocycles. The molecule has 2 heteroatoms. The Hall–Kier alpha value is -1.05. The van der Waals surface area contributed by atoms with Gasteiger partial charge in [-0.2, -0.15) is 0 Å². The van der Waals surface area contributed by atoms with E-state index in [1.54, 1.807) is 19.1 Å². The van der Waals surface area contributed by atoms with Gasteiger partial charge in [0.05, 0.1) is 5.76 Å². The van der Waals surface area contributed by atoms with Gasteiger partial charge in [0.1, 0.15) is 6.61 Å². The molecule has 0 unspecified atom stereocenters. The highest BCUT2D eigenvalue weighted by Crippen LogP contribution is 2.09. The van der Waals surface area contributed by atoms with Crippen molar-refractivity contribution in [3.05, 3.63) is 23.5 Å². The standard InChI is InChI=1S/C8H10O2/c1-6-3-4-8(5-10-6)7(2)9/h3-4H,5H2,1-2H3. The molecule has 54 valence electrons. The maximum atomic E-state index is 10.7. The van der Waals surface area contributed by atoms with Crippen LogP contribution in [-0.4, -0.2) is 12.4 Å². The Morgan fingerprint density at radius 3 is 2.70 bits per heavy atom. The first-order valence-electron chi connectivity index (χ1n) is 3.21. The number of allylic oxidation sites excluding steroid dienone is 3. The molecule has 1 aliphatic rings. The van der Waals surface area contributed by atoms with Crippen molar-refractivity contribution in [1.29, 1.82) is 0 Å². The summed E-state index contributed by atoms with van der Waals surface area (Å²) >= 11 is 0. The Bertz CT molecular complexity index is 211. The Balaban J connectivity index is 2.74. The zero-order valence-corrected chi connectivity index (χ0v) is 6.18. The summed E-state index contributed by atoms with van der Waals surface area (Å²) in [4.78, 5) is 10.7. The van der Waals surface area contributed by atoms with E-state index in [-0.39, 0.29) is 5.78 Å². The Morgan fingerprint density at radius 1 is 1.60 bits per heavy atom. The molecule has 0 radical (unpaired) electrons. The van der Waals surface area contributed by atoms with Crippen LogP contribution in [0.25, 0.3) is 0 Å². The first-order chi connectivity index (χ1) is 4.70. The lowest BCUT2D eigenvalue weighted by Gasteiger charge is -2.10. The van der Waals surface area contributed by atoms with Crippen LogP contribution in [0, 0.1) is 0 Å². The number of carbonyl (C=O) groups is 1. The van der Waals surface area contributed by atoms with Crippen molar-refractivity contribution in [2.75, 3.05) is 6.61 Å². The summed E-state index contributed by atoms with van der Waals surface area (Å²) in [6, 6.07) is 0. The van der Waals surface area contributed by atoms with Crippen molar-refractivity contribution in [1.82, 2.24) is 0 Å². The highest BCUT2D eigenvalue weighted by molar-refractivity contribution is 5.94. The van der Waals surface area contributed by atoms with Gasteiger partial charge in [0.25, 0.3) is 0 Å². The lowest BCUT2D eigenvalue weighted by molar-refractivity contribution is -0.114. The molecule has 10 heavy (non-hydrogen) atoms. The first-order valence-corrected chi connectivity index (χ1v) is 3.21. The molecule has 1 heterocycles. The molecule has 0 saturated heterocycles. The van der Waals surface area contributed by atoms with Gasteiger partial charge in [0, 0.05) is 5.57 Å². The average Bonchev–Trinajstić information content (AvgIpc) is 1.88. The van der Waals surface area contributed by atoms with Gasteiger partial charge in [-0.15, -0.1) is 0 Å². The molecule has 1 rings (SSSR count). The molecule has 0 bridgehead atoms. The number of ether oxygens (including phenoxy) is 1. The fraction of sp³-hybridized carbons (Fsp3) is 0.375. The summed E-state index contributed by atoms with van der Waals surface area (Å²) in [5, 5.41) is 0. The predicted molar refractivity (Wildman–Crippen MR) is 38.5 cm³/mol. The van der Waals surface area contributed by atoms with E-state index in [0.717, 1.165) is 11.3 Å². The lowest BCUT2D eigenvalue weighted by atomic mass is 10.1. The molecule has 0 aliphatic carbocycles. The lowest BCUT2D eigenvalue weighted by Crippen LogP contribution is -2.07. The highest BCUT2D eigenvalue weighted by Gasteiger charge is 2.06. The van der Waals surface area contributed by atoms with E-state index in [0.29, 0.717) is 6.61 Å². The van der Waals surface area contributed by atoms with E-state index in [1.165, 1.54) is 0 Å². The van der Waals surface area contributed by atoms with E-state index < -0.39 is 0 Å². The molecule has 0 saturated carbocycles. The van der Waals surface area contributed by atoms with Gasteiger partial charge in [0.2, 0.25) is 0 Å². The van der Waals surface area contributed by atoms with Crippen LogP contribution in [0.3, 0.4) is 0 Å². The van der Waals surface area contributed by atoms with Crippen LogP contribution >= 0.6 is 0 Å². The van der Waals surface area contributed by atoms with Gasteiger partial charge in [-0.25, -0.2) is 0 Å². The topological polar surface area (TPSA) is 26.3 Å². The van der Waals surface area contributed by atoms with Gasteiger partial charge >= 0.3 is 0 Å². The largest absolute Gasteiger partial charge is 0.493 e. The van der Waals surface area contributed by atoms with Crippen LogP contribution < -0.4 is 0 Å². The molecule has 0 aromatic heterocycles. The summed E-state index contributed by atoms with van der Waals surface area (Å²) in [5.74, 6) is 0.953. The van der Waals surface area contributed by atoms with E-state index in [9.17, 15) is 4.79 Å². The number of ketones is 1. The van der Waals surface area contributed by atoms with Gasteiger partial charge in [-0.3, -0.25) is 4.79 Å². The van der Waals surface area contributed by atoms with Crippen molar-refractivity contribution < 1.29 is 9.53 Å². The maximum absolute atomic E-state index is 10.7. The molecule has 0 N–H and O–H groups in total. The molecule has 0 aromatic rings. The summed E-state index contributed by atoms with van der Waals surface area (Å²) in [6.07, 6.45) is 3.61. The summed E-state index contributed by atoms with van der Waals surface area (Å²) in [6.45, 7) is 3.84. The van der Waals surface area contributed by atoms with Gasteiger partial charge in [0.15, 0.2) is 5.78 Å². The molecular weight excluding hydrogens is 128 g/mol. The summed E-state index contributed by atoms with van der Waals surface area (Å²) < 4.78 is 5.12. The first kappa shape index (κ1) is 7.06. The predicted octanol–water partition coefficient (Wildman–Crippen LogP) is 1.44. The minimum absolute atomic E-state index is 0.0868. The Kier molecular flexibility index (Phi) is 1.90. The third-order valence-corrected chi connectivity index (χ3v) is 1.43. The monoisotopic (exact) mass is 138 g/mol. The number of Topliss-reactive ketones (excluding diaryl/α,β-unsaturated/α-hetero) is 1. The number of rotatable bonds is 1. The molecule has 0 spiro atoms. The molecular formula is C8H10O2. The summed E-state index contributed by atoms with van der Waals surface area (Å²) in [5.41, 5.74) is 0.741. The minimum Gasteiger partial charge on any atom is -0.493 e. The second-order valence-electron chi connectivity index (χ2n) is 2.31. The summed E-state index contributed by atoms with van der Waals surface area (Å²) in [7, 11) is 0. The van der Waals surface area contributed by atoms with Gasteiger partial charge in [-0.05, 0) is 26.0 Å². The molecule has 0 amide bonds. The number of hydrogen-bond acceptors (Lipinski definition) is 2. The highest BCUT2D eigenvalue weighted by atomic mass is 16.5. The second-order valence-corrected chi connectivity index (χ2v) is 2.31. The van der Waals surface area contributed by atoms with Crippen molar-refractivity contribution in [2.45, 2.75) is 13.8 Å². The zero-order chi connectivity index (χ0) is 7.56. The molecule has 0 fully saturated rings. The average molecular weight is 138 g/mol. The normalized spacial score (nSPS) is 17.0. The third-order valence-electron chi connectivity index (χ3n) is 1.43. The van der Waals surface area contributed by atoms with Crippen molar-refractivity contribution in [2.24, 2.45) is 0 Å². The zero-order valence-electron chi connectivity index (χ0n) is 6.18. The van der Waals surface area contributed by atoms with E-state index >= 15 is 0 Å². The fourth-order valence-corrected chi connectivity index (χ4v) is 0.725. The molecule has 2 nitrogen and oxygen atoms in total. The van der Waals surface area contributed by atoms with E-state index in [2.05, 4.69) is 0 Å². The van der Waals surface area contributed by atoms with Crippen molar-refractivity contribution in [3.63, 3.8) is 0 Å². The van der Waals surface area contributed by atoms with E-state index in [4.69, 9.17) is 4.74 Å². The van der Waals surface area contributed by atoms with Crippen LogP contribution in [0.1, 0.15) is 13.8 Å². The van der Waals surface area contributed by atoms with Crippen LogP contribution in [-0.2, 0) is 9.53 Å². The van der Waals surface area contributed by atoms with Crippen molar-refractivity contribution in [3.8, 4) is 0 Å². The van der Waals surface area contributed by atoms with Crippen molar-refractivity contribution >= 4 is 5.78 Å². The Morgan fingerprint density at radius 2 is 2.30 bits per heavy atom. The Labute approximate surface area is 60.2 Å². The van der Waals surface area contributed by atoms with Gasteiger partial charge < -0.3 is 4.74 Å². The maximum Gasteiger partial charge on any atom is 0.159 e. The molecule has 0 aromatic carbocycles. The van der Waals surface area contributed by atoms with Crippen LogP contribution in [0.4, 0.5) is 0 Å². The quantitative estimate of drug-likeness (QED) is 0.548. The van der Waals surface area contributed by atoms with Crippen LogP contribution in [0.5, 0.6) is 0 Å². The van der Waals surface area contributed by atoms with Crippen LogP contribution in [0.15, 0.2) is 23.5 Å². The van der Waals surface area contributed by atoms with E-state index in [1.807, 2.05) is 6.92 Å². The minimum atomic E-state index is 0.0868. The smallest absolute Gasteiger partial charge is 0.159 e. The third kappa shape index (κ3) is 1.47. The number of hydrogen-bond donors (Lipinski definition) is 0. The van der Waals surface area contributed by atoms with Crippen LogP contribution in [0.2, 0.25) is 0 Å². The van der Waals surface area contributed by atoms with Gasteiger partial charge in [-0.1, -0.05) is 0 Å². The fourth-order valence-electron chi connectivity index (χ4n) is 0.725. The second kappa shape index (κ2) is 2.69.